The van der Waals surface area contributed by atoms with Crippen LogP contribution in [0.4, 0.5) is 0 Å². The second kappa shape index (κ2) is 6.42. The van der Waals surface area contributed by atoms with Gasteiger partial charge in [-0.05, 0) is 31.0 Å². The van der Waals surface area contributed by atoms with Crippen LogP contribution in [0.1, 0.15) is 41.6 Å². The van der Waals surface area contributed by atoms with Gasteiger partial charge in [-0.2, -0.15) is 0 Å². The summed E-state index contributed by atoms with van der Waals surface area (Å²) in [5.74, 6) is -0.145. The molecule has 0 saturated heterocycles. The number of halogens is 1. The van der Waals surface area contributed by atoms with Crippen molar-refractivity contribution in [2.75, 3.05) is 0 Å². The van der Waals surface area contributed by atoms with E-state index in [4.69, 9.17) is 11.6 Å². The quantitative estimate of drug-likeness (QED) is 0.786. The van der Waals surface area contributed by atoms with Gasteiger partial charge in [0.15, 0.2) is 0 Å². The molecule has 1 N–H and O–H groups in total. The highest BCUT2D eigenvalue weighted by atomic mass is 35.5. The summed E-state index contributed by atoms with van der Waals surface area (Å²) in [5.41, 5.74) is 3.10. The molecule has 1 unspecified atom stereocenters. The number of carbonyl (C=O) groups excluding carboxylic acids is 1. The van der Waals surface area contributed by atoms with Crippen molar-refractivity contribution in [1.82, 2.24) is 14.7 Å². The summed E-state index contributed by atoms with van der Waals surface area (Å²) in [6, 6.07) is 13.4. The Kier molecular flexibility index (Phi) is 4.35. The van der Waals surface area contributed by atoms with Crippen molar-refractivity contribution in [3.8, 4) is 0 Å². The lowest BCUT2D eigenvalue weighted by Gasteiger charge is -2.14. The normalized spacial score (nSPS) is 12.3. The molecule has 0 aliphatic rings. The van der Waals surface area contributed by atoms with Crippen molar-refractivity contribution >= 4 is 23.2 Å². The summed E-state index contributed by atoms with van der Waals surface area (Å²) >= 11 is 6.07. The van der Waals surface area contributed by atoms with E-state index in [1.807, 2.05) is 50.2 Å². The van der Waals surface area contributed by atoms with Gasteiger partial charge in [0.2, 0.25) is 0 Å². The molecule has 4 nitrogen and oxygen atoms in total. The highest BCUT2D eigenvalue weighted by Gasteiger charge is 2.20. The van der Waals surface area contributed by atoms with Crippen LogP contribution in [0.3, 0.4) is 0 Å². The molecule has 5 heteroatoms. The molecule has 2 heterocycles. The Labute approximate surface area is 140 Å². The number of imidazole rings is 1. The molecule has 2 aromatic heterocycles. The molecule has 1 aromatic carbocycles. The number of hydrogen-bond acceptors (Lipinski definition) is 2. The minimum Gasteiger partial charge on any atom is -0.344 e. The lowest BCUT2D eigenvalue weighted by Crippen LogP contribution is -2.28. The Bertz CT molecular complexity index is 842. The number of hydrogen-bond donors (Lipinski definition) is 1. The Morgan fingerprint density at radius 2 is 2.00 bits per heavy atom. The molecule has 0 radical (unpaired) electrons. The average molecular weight is 328 g/mol. The van der Waals surface area contributed by atoms with Crippen molar-refractivity contribution < 1.29 is 4.79 Å². The van der Waals surface area contributed by atoms with Crippen LogP contribution in [-0.4, -0.2) is 15.3 Å². The van der Waals surface area contributed by atoms with E-state index in [0.29, 0.717) is 17.1 Å². The molecule has 118 valence electrons. The van der Waals surface area contributed by atoms with E-state index < -0.39 is 0 Å². The number of rotatable bonds is 4. The zero-order chi connectivity index (χ0) is 16.4. The number of aryl methyl sites for hydroxylation is 1. The molecule has 0 spiro atoms. The van der Waals surface area contributed by atoms with Crippen LogP contribution in [0.15, 0.2) is 48.7 Å². The summed E-state index contributed by atoms with van der Waals surface area (Å²) in [6.45, 7) is 3.95. The van der Waals surface area contributed by atoms with E-state index in [1.165, 1.54) is 0 Å². The number of nitrogens with one attached hydrogen (secondary N) is 1. The first-order chi connectivity index (χ1) is 11.1. The minimum atomic E-state index is -0.145. The van der Waals surface area contributed by atoms with Crippen molar-refractivity contribution in [1.29, 1.82) is 0 Å². The van der Waals surface area contributed by atoms with Crippen molar-refractivity contribution in [3.05, 3.63) is 70.6 Å². The summed E-state index contributed by atoms with van der Waals surface area (Å²) in [6.07, 6.45) is 2.41. The Morgan fingerprint density at radius 1 is 1.26 bits per heavy atom. The van der Waals surface area contributed by atoms with Crippen LogP contribution in [-0.2, 0) is 6.42 Å². The zero-order valence-corrected chi connectivity index (χ0v) is 13.8. The van der Waals surface area contributed by atoms with E-state index >= 15 is 0 Å². The fourth-order valence-electron chi connectivity index (χ4n) is 2.64. The highest BCUT2D eigenvalue weighted by Crippen LogP contribution is 2.19. The third-order valence-corrected chi connectivity index (χ3v) is 4.08. The second-order valence-electron chi connectivity index (χ2n) is 5.44. The smallest absolute Gasteiger partial charge is 0.270 e. The second-order valence-corrected chi connectivity index (χ2v) is 5.88. The molecule has 0 fully saturated rings. The number of nitrogens with zero attached hydrogens (tertiary/aromatic N) is 2. The predicted molar refractivity (Wildman–Crippen MR) is 91.9 cm³/mol. The zero-order valence-electron chi connectivity index (χ0n) is 13.1. The third kappa shape index (κ3) is 3.08. The van der Waals surface area contributed by atoms with Crippen LogP contribution in [0, 0.1) is 0 Å². The van der Waals surface area contributed by atoms with Crippen molar-refractivity contribution in [3.63, 3.8) is 0 Å². The van der Waals surface area contributed by atoms with E-state index in [2.05, 4.69) is 10.3 Å². The monoisotopic (exact) mass is 327 g/mol. The van der Waals surface area contributed by atoms with E-state index in [9.17, 15) is 4.79 Å². The summed E-state index contributed by atoms with van der Waals surface area (Å²) in [4.78, 5) is 17.3. The van der Waals surface area contributed by atoms with Gasteiger partial charge in [0.05, 0.1) is 16.8 Å². The van der Waals surface area contributed by atoms with Crippen LogP contribution >= 0.6 is 11.6 Å². The number of benzene rings is 1. The molecular weight excluding hydrogens is 310 g/mol. The third-order valence-electron chi connectivity index (χ3n) is 3.85. The first-order valence-electron chi connectivity index (χ1n) is 7.62. The highest BCUT2D eigenvalue weighted by molar-refractivity contribution is 6.30. The van der Waals surface area contributed by atoms with E-state index in [0.717, 1.165) is 16.9 Å². The topological polar surface area (TPSA) is 46.4 Å². The Morgan fingerprint density at radius 3 is 2.70 bits per heavy atom. The van der Waals surface area contributed by atoms with Crippen LogP contribution < -0.4 is 5.32 Å². The van der Waals surface area contributed by atoms with Gasteiger partial charge in [0.25, 0.3) is 5.91 Å². The molecule has 1 amide bonds. The van der Waals surface area contributed by atoms with Crippen molar-refractivity contribution in [2.45, 2.75) is 26.3 Å². The SMILES string of the molecule is CCc1nc2ccc(Cl)cn2c1C(=O)NC(C)c1ccccc1. The van der Waals surface area contributed by atoms with E-state index in [1.54, 1.807) is 16.7 Å². The van der Waals surface area contributed by atoms with Gasteiger partial charge in [-0.25, -0.2) is 4.98 Å². The van der Waals surface area contributed by atoms with Gasteiger partial charge in [-0.1, -0.05) is 48.9 Å². The van der Waals surface area contributed by atoms with Crippen LogP contribution in [0.5, 0.6) is 0 Å². The number of amides is 1. The molecular formula is C18H18ClN3O. The summed E-state index contributed by atoms with van der Waals surface area (Å²) in [5, 5.41) is 3.61. The molecule has 1 atom stereocenters. The molecule has 0 bridgehead atoms. The van der Waals surface area contributed by atoms with Gasteiger partial charge in [-0.3, -0.25) is 9.20 Å². The fraction of sp³-hybridized carbons (Fsp3) is 0.222. The number of fused-ring (bicyclic) bond motifs is 1. The Hall–Kier alpha value is -2.33. The molecule has 0 aliphatic heterocycles. The molecule has 3 rings (SSSR count). The fourth-order valence-corrected chi connectivity index (χ4v) is 2.81. The number of pyridine rings is 1. The first-order valence-corrected chi connectivity index (χ1v) is 8.00. The van der Waals surface area contributed by atoms with E-state index in [-0.39, 0.29) is 11.9 Å². The van der Waals surface area contributed by atoms with Gasteiger partial charge < -0.3 is 5.32 Å². The average Bonchev–Trinajstić information content (AvgIpc) is 2.93. The number of aromatic nitrogens is 2. The molecule has 3 aromatic rings. The van der Waals surface area contributed by atoms with Gasteiger partial charge in [0.1, 0.15) is 11.3 Å². The molecule has 0 aliphatic carbocycles. The maximum absolute atomic E-state index is 12.8. The van der Waals surface area contributed by atoms with Gasteiger partial charge >= 0.3 is 0 Å². The molecule has 0 saturated carbocycles. The standard InChI is InChI=1S/C18H18ClN3O/c1-3-15-17(22-11-14(19)9-10-16(22)21-15)18(23)20-12(2)13-7-5-4-6-8-13/h4-12H,3H2,1-2H3,(H,20,23). The molecule has 23 heavy (non-hydrogen) atoms. The maximum atomic E-state index is 12.8. The van der Waals surface area contributed by atoms with Gasteiger partial charge in [-0.15, -0.1) is 0 Å². The van der Waals surface area contributed by atoms with Crippen molar-refractivity contribution in [2.24, 2.45) is 0 Å². The minimum absolute atomic E-state index is 0.0851. The van der Waals surface area contributed by atoms with Crippen LogP contribution in [0.25, 0.3) is 5.65 Å². The first kappa shape index (κ1) is 15.6. The summed E-state index contributed by atoms with van der Waals surface area (Å²) < 4.78 is 1.76. The lowest BCUT2D eigenvalue weighted by molar-refractivity contribution is 0.0933. The lowest BCUT2D eigenvalue weighted by atomic mass is 10.1. The predicted octanol–water partition coefficient (Wildman–Crippen LogP) is 4.04. The maximum Gasteiger partial charge on any atom is 0.270 e. The van der Waals surface area contributed by atoms with Crippen LogP contribution in [0.2, 0.25) is 5.02 Å². The summed E-state index contributed by atoms with van der Waals surface area (Å²) in [7, 11) is 0. The number of carbonyl (C=O) groups is 1. The largest absolute Gasteiger partial charge is 0.344 e. The Balaban J connectivity index is 1.95. The van der Waals surface area contributed by atoms with Gasteiger partial charge in [0, 0.05) is 6.20 Å².